The lowest BCUT2D eigenvalue weighted by atomic mass is 9.87. The SMILES string of the molecule is CC1=NC(=O)NC(c2ccc(F)c(F)c2)C1C(=O)Nc1ccc2[nH]nc(Nc3ccc(F)cc3)c2c1. The highest BCUT2D eigenvalue weighted by Gasteiger charge is 2.37. The van der Waals surface area contributed by atoms with Crippen molar-refractivity contribution in [2.45, 2.75) is 13.0 Å². The normalized spacial score (nSPS) is 17.4. The van der Waals surface area contributed by atoms with Crippen molar-refractivity contribution in [2.24, 2.45) is 10.9 Å². The fraction of sp³-hybridized carbons (Fsp3) is 0.120. The van der Waals surface area contributed by atoms with Crippen LogP contribution in [0.15, 0.2) is 65.7 Å². The first-order valence-electron chi connectivity index (χ1n) is 10.9. The van der Waals surface area contributed by atoms with E-state index in [2.05, 4.69) is 31.1 Å². The molecule has 3 aromatic carbocycles. The van der Waals surface area contributed by atoms with Crippen molar-refractivity contribution in [1.29, 1.82) is 0 Å². The number of carbonyl (C=O) groups excluding carboxylic acids is 2. The lowest BCUT2D eigenvalue weighted by molar-refractivity contribution is -0.118. The molecule has 4 N–H and O–H groups in total. The third-order valence-corrected chi connectivity index (χ3v) is 5.86. The van der Waals surface area contributed by atoms with Crippen LogP contribution in [0.25, 0.3) is 10.9 Å². The Balaban J connectivity index is 1.42. The number of carbonyl (C=O) groups is 2. The molecular weight excluding hydrogens is 473 g/mol. The summed E-state index contributed by atoms with van der Waals surface area (Å²) in [5.74, 6) is -3.49. The van der Waals surface area contributed by atoms with Crippen LogP contribution in [0.4, 0.5) is 35.2 Å². The van der Waals surface area contributed by atoms with E-state index in [1.807, 2.05) is 0 Å². The van der Waals surface area contributed by atoms with Crippen LogP contribution in [-0.4, -0.2) is 27.8 Å². The fourth-order valence-electron chi connectivity index (χ4n) is 4.12. The lowest BCUT2D eigenvalue weighted by Gasteiger charge is -2.30. The number of aromatic nitrogens is 2. The van der Waals surface area contributed by atoms with Gasteiger partial charge < -0.3 is 16.0 Å². The number of hydrogen-bond donors (Lipinski definition) is 4. The van der Waals surface area contributed by atoms with Gasteiger partial charge in [0.05, 0.1) is 11.6 Å². The molecule has 0 saturated heterocycles. The molecular formula is C25H19F3N6O2. The van der Waals surface area contributed by atoms with E-state index in [1.165, 1.54) is 25.1 Å². The zero-order chi connectivity index (χ0) is 25.4. The predicted octanol–water partition coefficient (Wildman–Crippen LogP) is 5.20. The molecule has 2 atom stereocenters. The summed E-state index contributed by atoms with van der Waals surface area (Å²) >= 11 is 0. The van der Waals surface area contributed by atoms with Gasteiger partial charge in [-0.25, -0.2) is 23.0 Å². The number of rotatable bonds is 5. The monoisotopic (exact) mass is 492 g/mol. The number of fused-ring (bicyclic) bond motifs is 1. The van der Waals surface area contributed by atoms with Crippen molar-refractivity contribution >= 4 is 45.7 Å². The topological polar surface area (TPSA) is 111 Å². The Morgan fingerprint density at radius 3 is 2.44 bits per heavy atom. The molecule has 0 radical (unpaired) electrons. The van der Waals surface area contributed by atoms with Crippen molar-refractivity contribution in [2.75, 3.05) is 10.6 Å². The molecule has 0 fully saturated rings. The van der Waals surface area contributed by atoms with Crippen molar-refractivity contribution in [3.8, 4) is 0 Å². The number of nitrogens with zero attached hydrogens (tertiary/aromatic N) is 2. The first kappa shape index (κ1) is 23.1. The van der Waals surface area contributed by atoms with Crippen LogP contribution in [-0.2, 0) is 4.79 Å². The first-order valence-corrected chi connectivity index (χ1v) is 10.9. The zero-order valence-corrected chi connectivity index (χ0v) is 18.8. The fourth-order valence-corrected chi connectivity index (χ4v) is 4.12. The van der Waals surface area contributed by atoms with Crippen LogP contribution in [0.1, 0.15) is 18.5 Å². The second-order valence-corrected chi connectivity index (χ2v) is 8.29. The molecule has 8 nitrogen and oxygen atoms in total. The van der Waals surface area contributed by atoms with Gasteiger partial charge in [0.25, 0.3) is 0 Å². The van der Waals surface area contributed by atoms with E-state index in [9.17, 15) is 22.8 Å². The third-order valence-electron chi connectivity index (χ3n) is 5.86. The molecule has 1 aliphatic heterocycles. The quantitative estimate of drug-likeness (QED) is 0.307. The highest BCUT2D eigenvalue weighted by molar-refractivity contribution is 6.13. The van der Waals surface area contributed by atoms with Crippen molar-refractivity contribution in [1.82, 2.24) is 15.5 Å². The molecule has 5 rings (SSSR count). The lowest BCUT2D eigenvalue weighted by Crippen LogP contribution is -2.45. The van der Waals surface area contributed by atoms with E-state index in [-0.39, 0.29) is 17.1 Å². The Bertz CT molecular complexity index is 1520. The maximum atomic E-state index is 13.9. The number of nitrogens with one attached hydrogen (secondary N) is 4. The van der Waals surface area contributed by atoms with Crippen LogP contribution in [0.3, 0.4) is 0 Å². The molecule has 1 aromatic heterocycles. The number of benzene rings is 3. The van der Waals surface area contributed by atoms with Gasteiger partial charge in [0.1, 0.15) is 11.7 Å². The largest absolute Gasteiger partial charge is 0.341 e. The van der Waals surface area contributed by atoms with Gasteiger partial charge in [0.15, 0.2) is 17.5 Å². The molecule has 182 valence electrons. The average molecular weight is 492 g/mol. The standard InChI is InChI=1S/C25H19F3N6O2/c1-12-21(22(32-25(36)29-12)13-2-8-18(27)19(28)10-13)24(35)31-16-7-9-20-17(11-16)23(34-33-20)30-15-5-3-14(26)4-6-15/h2-11,21-22H,1H3,(H,31,35)(H,32,36)(H2,30,33,34). The van der Waals surface area contributed by atoms with Crippen LogP contribution in [0.2, 0.25) is 0 Å². The summed E-state index contributed by atoms with van der Waals surface area (Å²) in [5, 5.41) is 16.2. The summed E-state index contributed by atoms with van der Waals surface area (Å²) in [6.45, 7) is 1.53. The maximum Gasteiger partial charge on any atom is 0.341 e. The van der Waals surface area contributed by atoms with E-state index in [0.717, 1.165) is 12.1 Å². The van der Waals surface area contributed by atoms with Crippen LogP contribution >= 0.6 is 0 Å². The van der Waals surface area contributed by atoms with Crippen LogP contribution in [0, 0.1) is 23.4 Å². The van der Waals surface area contributed by atoms with Gasteiger partial charge in [0, 0.05) is 22.5 Å². The van der Waals surface area contributed by atoms with E-state index in [4.69, 9.17) is 0 Å². The Kier molecular flexibility index (Phi) is 5.88. The van der Waals surface area contributed by atoms with Gasteiger partial charge in [-0.05, 0) is 67.1 Å². The summed E-state index contributed by atoms with van der Waals surface area (Å²) in [6.07, 6.45) is 0. The Hall–Kier alpha value is -4.67. The minimum Gasteiger partial charge on any atom is -0.338 e. The molecule has 2 unspecified atom stereocenters. The van der Waals surface area contributed by atoms with E-state index in [0.29, 0.717) is 28.1 Å². The minimum atomic E-state index is -1.09. The molecule has 4 aromatic rings. The maximum absolute atomic E-state index is 13.9. The van der Waals surface area contributed by atoms with Crippen molar-refractivity contribution in [3.63, 3.8) is 0 Å². The summed E-state index contributed by atoms with van der Waals surface area (Å²) in [4.78, 5) is 29.2. The highest BCUT2D eigenvalue weighted by Crippen LogP contribution is 2.31. The number of H-pyrrole nitrogens is 1. The Labute approximate surface area is 202 Å². The number of hydrogen-bond acceptors (Lipinski definition) is 4. The summed E-state index contributed by atoms with van der Waals surface area (Å²) < 4.78 is 40.6. The van der Waals surface area contributed by atoms with Gasteiger partial charge >= 0.3 is 6.03 Å². The second kappa shape index (κ2) is 9.17. The van der Waals surface area contributed by atoms with Crippen LogP contribution < -0.4 is 16.0 Å². The summed E-state index contributed by atoms with van der Waals surface area (Å²) in [5.41, 5.74) is 2.21. The molecule has 0 bridgehead atoms. The van der Waals surface area contributed by atoms with Gasteiger partial charge in [-0.2, -0.15) is 5.10 Å². The molecule has 11 heteroatoms. The molecule has 0 saturated carbocycles. The molecule has 0 spiro atoms. The Morgan fingerprint density at radius 1 is 0.944 bits per heavy atom. The van der Waals surface area contributed by atoms with Gasteiger partial charge in [-0.3, -0.25) is 9.89 Å². The van der Waals surface area contributed by atoms with Crippen molar-refractivity contribution in [3.05, 3.63) is 83.7 Å². The van der Waals surface area contributed by atoms with E-state index in [1.54, 1.807) is 30.3 Å². The van der Waals surface area contributed by atoms with Gasteiger partial charge in [-0.1, -0.05) is 6.07 Å². The average Bonchev–Trinajstić information content (AvgIpc) is 3.23. The van der Waals surface area contributed by atoms with E-state index < -0.39 is 35.5 Å². The first-order chi connectivity index (χ1) is 17.3. The van der Waals surface area contributed by atoms with Crippen molar-refractivity contribution < 1.29 is 22.8 Å². The predicted molar refractivity (Wildman–Crippen MR) is 129 cm³/mol. The third kappa shape index (κ3) is 4.50. The second-order valence-electron chi connectivity index (χ2n) is 8.29. The molecule has 36 heavy (non-hydrogen) atoms. The zero-order valence-electron chi connectivity index (χ0n) is 18.8. The van der Waals surface area contributed by atoms with Crippen LogP contribution in [0.5, 0.6) is 0 Å². The number of amides is 3. The minimum absolute atomic E-state index is 0.229. The summed E-state index contributed by atoms with van der Waals surface area (Å²) in [7, 11) is 0. The number of anilines is 3. The molecule has 1 aliphatic rings. The number of aliphatic imine (C=N–C) groups is 1. The molecule has 2 heterocycles. The summed E-state index contributed by atoms with van der Waals surface area (Å²) in [6, 6.07) is 12.4. The molecule has 3 amide bonds. The molecule has 0 aliphatic carbocycles. The number of halogens is 3. The smallest absolute Gasteiger partial charge is 0.338 e. The number of urea groups is 1. The number of aromatic amines is 1. The highest BCUT2D eigenvalue weighted by atomic mass is 19.2. The van der Waals surface area contributed by atoms with Gasteiger partial charge in [-0.15, -0.1) is 0 Å². The van der Waals surface area contributed by atoms with Gasteiger partial charge in [0.2, 0.25) is 5.91 Å². The Morgan fingerprint density at radius 2 is 1.69 bits per heavy atom. The van der Waals surface area contributed by atoms with E-state index >= 15 is 0 Å².